The number of hydrogen-bond donors (Lipinski definition) is 0. The van der Waals surface area contributed by atoms with Crippen LogP contribution in [-0.2, 0) is 26.3 Å². The second-order valence-electron chi connectivity index (χ2n) is 9.72. The van der Waals surface area contributed by atoms with Crippen LogP contribution in [0.25, 0.3) is 0 Å². The Hall–Kier alpha value is -3.05. The molecule has 0 saturated carbocycles. The number of nitrogens with zero attached hydrogens (tertiary/aromatic N) is 2. The normalized spacial score (nSPS) is 27.8. The van der Waals surface area contributed by atoms with Crippen molar-refractivity contribution in [2.45, 2.75) is 44.8 Å². The first-order valence-corrected chi connectivity index (χ1v) is 10.8. The van der Waals surface area contributed by atoms with Crippen LogP contribution in [0.15, 0.2) is 66.7 Å². The van der Waals surface area contributed by atoms with E-state index in [1.165, 1.54) is 10.5 Å². The van der Waals surface area contributed by atoms with Crippen molar-refractivity contribution in [3.05, 3.63) is 77.9 Å². The van der Waals surface area contributed by atoms with E-state index in [2.05, 4.69) is 45.0 Å². The summed E-state index contributed by atoms with van der Waals surface area (Å²) in [6, 6.07) is 16.6. The minimum Gasteiger partial charge on any atom is -0.293 e. The van der Waals surface area contributed by atoms with Crippen LogP contribution in [0, 0.1) is 11.8 Å². The summed E-state index contributed by atoms with van der Waals surface area (Å²) in [5.41, 5.74) is 2.96. The molecule has 3 aliphatic rings. The summed E-state index contributed by atoms with van der Waals surface area (Å²) in [4.78, 5) is 42.9. The molecule has 2 fully saturated rings. The van der Waals surface area contributed by atoms with E-state index in [1.807, 2.05) is 29.2 Å². The van der Waals surface area contributed by atoms with E-state index in [-0.39, 0.29) is 29.1 Å². The molecule has 3 heterocycles. The van der Waals surface area contributed by atoms with E-state index in [4.69, 9.17) is 0 Å². The van der Waals surface area contributed by atoms with E-state index in [1.54, 1.807) is 18.2 Å². The van der Waals surface area contributed by atoms with E-state index < -0.39 is 17.9 Å². The van der Waals surface area contributed by atoms with Gasteiger partial charge < -0.3 is 0 Å². The van der Waals surface area contributed by atoms with E-state index in [0.717, 1.165) is 5.56 Å². The first-order valence-electron chi connectivity index (χ1n) is 10.8. The minimum absolute atomic E-state index is 0.0676. The van der Waals surface area contributed by atoms with Crippen molar-refractivity contribution >= 4 is 23.3 Å². The fourth-order valence-corrected chi connectivity index (χ4v) is 5.22. The highest BCUT2D eigenvalue weighted by molar-refractivity contribution is 6.24. The molecule has 0 unspecified atom stereocenters. The zero-order valence-corrected chi connectivity index (χ0v) is 18.0. The standard InChI is InChI=1S/C26H26N2O3/c1-26(2,3)17-11-9-16(10-12-17)15-27-19-13-14-20(29)23(27)22-21(19)24(30)28(25(22)31)18-7-5-4-6-8-18/h4-14,19,21-23H,15H2,1-3H3/t19-,21+,22-,23+/m0/s1. The summed E-state index contributed by atoms with van der Waals surface area (Å²) in [6.45, 7) is 7.06. The topological polar surface area (TPSA) is 57.7 Å². The predicted octanol–water partition coefficient (Wildman–Crippen LogP) is 3.48. The lowest BCUT2D eigenvalue weighted by Gasteiger charge is -2.33. The Labute approximate surface area is 182 Å². The molecule has 0 radical (unpaired) electrons. The fraction of sp³-hybridized carbons (Fsp3) is 0.346. The fourth-order valence-electron chi connectivity index (χ4n) is 5.22. The molecular formula is C26H26N2O3. The number of imide groups is 1. The van der Waals surface area contributed by atoms with Gasteiger partial charge in [0, 0.05) is 12.6 Å². The van der Waals surface area contributed by atoms with Crippen LogP contribution in [0.3, 0.4) is 0 Å². The molecular weight excluding hydrogens is 388 g/mol. The number of rotatable bonds is 3. The first kappa shape index (κ1) is 19.9. The molecule has 4 atom stereocenters. The van der Waals surface area contributed by atoms with Crippen LogP contribution in [0.5, 0.6) is 0 Å². The molecule has 2 aromatic carbocycles. The van der Waals surface area contributed by atoms with Crippen LogP contribution in [0.1, 0.15) is 31.9 Å². The van der Waals surface area contributed by atoms with Gasteiger partial charge in [-0.05, 0) is 34.8 Å². The van der Waals surface area contributed by atoms with E-state index in [0.29, 0.717) is 12.2 Å². The number of para-hydroxylation sites is 1. The Kier molecular flexibility index (Phi) is 4.48. The summed E-state index contributed by atoms with van der Waals surface area (Å²) < 4.78 is 0. The van der Waals surface area contributed by atoms with E-state index >= 15 is 0 Å². The second-order valence-corrected chi connectivity index (χ2v) is 9.72. The number of fused-ring (bicyclic) bond motifs is 5. The largest absolute Gasteiger partial charge is 0.293 e. The van der Waals surface area contributed by atoms with Crippen molar-refractivity contribution in [3.63, 3.8) is 0 Å². The smallest absolute Gasteiger partial charge is 0.239 e. The van der Waals surface area contributed by atoms with Gasteiger partial charge in [-0.2, -0.15) is 0 Å². The van der Waals surface area contributed by atoms with Crippen LogP contribution in [0.4, 0.5) is 5.69 Å². The molecule has 158 valence electrons. The summed E-state index contributed by atoms with van der Waals surface area (Å²) in [7, 11) is 0. The average molecular weight is 415 g/mol. The van der Waals surface area contributed by atoms with Crippen LogP contribution in [0.2, 0.25) is 0 Å². The number of hydrogen-bond acceptors (Lipinski definition) is 4. The zero-order valence-electron chi connectivity index (χ0n) is 18.0. The molecule has 2 bridgehead atoms. The summed E-state index contributed by atoms with van der Waals surface area (Å²) in [5.74, 6) is -1.71. The highest BCUT2D eigenvalue weighted by Gasteiger charge is 2.64. The second kappa shape index (κ2) is 6.99. The summed E-state index contributed by atoms with van der Waals surface area (Å²) in [5, 5.41) is 0. The minimum atomic E-state index is -0.631. The number of anilines is 1. The molecule has 0 aliphatic carbocycles. The summed E-state index contributed by atoms with van der Waals surface area (Å²) >= 11 is 0. The average Bonchev–Trinajstić information content (AvgIpc) is 3.12. The van der Waals surface area contributed by atoms with Crippen LogP contribution in [-0.4, -0.2) is 34.6 Å². The van der Waals surface area contributed by atoms with Crippen LogP contribution < -0.4 is 4.90 Å². The highest BCUT2D eigenvalue weighted by Crippen LogP contribution is 2.47. The van der Waals surface area contributed by atoms with Crippen molar-refractivity contribution < 1.29 is 14.4 Å². The Balaban J connectivity index is 1.46. The van der Waals surface area contributed by atoms with Gasteiger partial charge in [0.05, 0.1) is 23.6 Å². The maximum Gasteiger partial charge on any atom is 0.239 e. The maximum atomic E-state index is 13.3. The van der Waals surface area contributed by atoms with Gasteiger partial charge in [-0.15, -0.1) is 0 Å². The maximum absolute atomic E-state index is 13.3. The van der Waals surface area contributed by atoms with Gasteiger partial charge in [0.25, 0.3) is 0 Å². The molecule has 3 aliphatic heterocycles. The molecule has 0 spiro atoms. The summed E-state index contributed by atoms with van der Waals surface area (Å²) in [6.07, 6.45) is 3.37. The van der Waals surface area contributed by atoms with Crippen molar-refractivity contribution in [3.8, 4) is 0 Å². The Bertz CT molecular complexity index is 1080. The Morgan fingerprint density at radius 2 is 1.48 bits per heavy atom. The molecule has 5 nitrogen and oxygen atoms in total. The third-order valence-electron chi connectivity index (χ3n) is 6.80. The third-order valence-corrected chi connectivity index (χ3v) is 6.80. The zero-order chi connectivity index (χ0) is 21.9. The third kappa shape index (κ3) is 3.07. The molecule has 0 N–H and O–H groups in total. The molecule has 0 aromatic heterocycles. The quantitative estimate of drug-likeness (QED) is 0.722. The molecule has 2 amide bonds. The lowest BCUT2D eigenvalue weighted by Crippen LogP contribution is -2.48. The van der Waals surface area contributed by atoms with Crippen molar-refractivity contribution in [2.24, 2.45) is 11.8 Å². The van der Waals surface area contributed by atoms with Gasteiger partial charge in [0.15, 0.2) is 5.78 Å². The Morgan fingerprint density at radius 3 is 2.13 bits per heavy atom. The molecule has 5 heteroatoms. The van der Waals surface area contributed by atoms with Crippen molar-refractivity contribution in [1.82, 2.24) is 4.90 Å². The van der Waals surface area contributed by atoms with Gasteiger partial charge in [0.2, 0.25) is 11.8 Å². The number of carbonyl (C=O) groups excluding carboxylic acids is 3. The van der Waals surface area contributed by atoms with Gasteiger partial charge in [0.1, 0.15) is 0 Å². The van der Waals surface area contributed by atoms with Crippen molar-refractivity contribution in [2.75, 3.05) is 4.90 Å². The van der Waals surface area contributed by atoms with Gasteiger partial charge in [-0.3, -0.25) is 19.3 Å². The Morgan fingerprint density at radius 1 is 0.839 bits per heavy atom. The number of carbonyl (C=O) groups is 3. The highest BCUT2D eigenvalue weighted by atomic mass is 16.2. The molecule has 5 rings (SSSR count). The SMILES string of the molecule is CC(C)(C)c1ccc(CN2[C@@H]3C(=O)C=C[C@H]2[C@H]2C(=O)N(c4ccccc4)C(=O)[C@@H]23)cc1. The van der Waals surface area contributed by atoms with Gasteiger partial charge >= 0.3 is 0 Å². The van der Waals surface area contributed by atoms with Crippen LogP contribution >= 0.6 is 0 Å². The molecule has 31 heavy (non-hydrogen) atoms. The number of amides is 2. The van der Waals surface area contributed by atoms with Crippen molar-refractivity contribution in [1.29, 1.82) is 0 Å². The monoisotopic (exact) mass is 414 g/mol. The van der Waals surface area contributed by atoms with Gasteiger partial charge in [-0.25, -0.2) is 4.90 Å². The first-order chi connectivity index (χ1) is 14.8. The number of benzene rings is 2. The molecule has 2 aromatic rings. The number of ketones is 1. The lowest BCUT2D eigenvalue weighted by molar-refractivity contribution is -0.129. The van der Waals surface area contributed by atoms with E-state index in [9.17, 15) is 14.4 Å². The van der Waals surface area contributed by atoms with Gasteiger partial charge in [-0.1, -0.05) is 69.3 Å². The molecule has 2 saturated heterocycles. The predicted molar refractivity (Wildman–Crippen MR) is 118 cm³/mol. The lowest BCUT2D eigenvalue weighted by atomic mass is 9.86.